The minimum absolute atomic E-state index is 0.239. The molecule has 110 valence electrons. The van der Waals surface area contributed by atoms with Gasteiger partial charge in [-0.1, -0.05) is 11.6 Å². The highest BCUT2D eigenvalue weighted by Crippen LogP contribution is 2.15. The van der Waals surface area contributed by atoms with Crippen LogP contribution in [0.2, 0.25) is 5.02 Å². The van der Waals surface area contributed by atoms with Crippen molar-refractivity contribution in [1.82, 2.24) is 10.9 Å². The lowest BCUT2D eigenvalue weighted by molar-refractivity contribution is -0.124. The van der Waals surface area contributed by atoms with E-state index >= 15 is 0 Å². The molecule has 0 fully saturated rings. The maximum atomic E-state index is 11.4. The highest BCUT2D eigenvalue weighted by atomic mass is 35.5. The fraction of sp³-hybridized carbons (Fsp3) is 0.385. The van der Waals surface area contributed by atoms with Gasteiger partial charge in [0.2, 0.25) is 0 Å². The summed E-state index contributed by atoms with van der Waals surface area (Å²) in [6, 6.07) is 6.56. The molecule has 0 radical (unpaired) electrons. The van der Waals surface area contributed by atoms with Gasteiger partial charge in [-0.3, -0.25) is 10.2 Å². The number of carbonyl (C=O) groups excluding carboxylic acids is 2. The number of halogens is 1. The Bertz CT molecular complexity index is 468. The van der Waals surface area contributed by atoms with E-state index in [1.165, 1.54) is 0 Å². The highest BCUT2D eigenvalue weighted by Gasteiger charge is 2.16. The van der Waals surface area contributed by atoms with Gasteiger partial charge in [0.1, 0.15) is 11.4 Å². The van der Waals surface area contributed by atoms with E-state index in [4.69, 9.17) is 21.1 Å². The van der Waals surface area contributed by atoms with E-state index in [0.717, 1.165) is 0 Å². The molecule has 1 rings (SSSR count). The zero-order chi connectivity index (χ0) is 15.2. The second kappa shape index (κ2) is 7.00. The van der Waals surface area contributed by atoms with Crippen molar-refractivity contribution in [2.24, 2.45) is 0 Å². The molecule has 0 aliphatic rings. The van der Waals surface area contributed by atoms with Gasteiger partial charge in [0.25, 0.3) is 5.91 Å². The summed E-state index contributed by atoms with van der Waals surface area (Å²) in [5.74, 6) is -0.00683. The standard InChI is InChI=1S/C13H17ClN2O4/c1-13(2,3)20-12(18)16-15-11(17)8-19-10-6-4-9(14)5-7-10/h4-7H,8H2,1-3H3,(H,15,17)(H,16,18). The molecule has 0 aliphatic heterocycles. The van der Waals surface area contributed by atoms with Crippen molar-refractivity contribution in [1.29, 1.82) is 0 Å². The Balaban J connectivity index is 2.27. The van der Waals surface area contributed by atoms with Crippen LogP contribution in [0, 0.1) is 0 Å². The summed E-state index contributed by atoms with van der Waals surface area (Å²) in [6.45, 7) is 4.92. The molecule has 0 heterocycles. The largest absolute Gasteiger partial charge is 0.484 e. The van der Waals surface area contributed by atoms with E-state index in [1.807, 2.05) is 0 Å². The van der Waals surface area contributed by atoms with Crippen LogP contribution in [0.15, 0.2) is 24.3 Å². The third-order valence-corrected chi connectivity index (χ3v) is 2.14. The maximum Gasteiger partial charge on any atom is 0.426 e. The predicted molar refractivity (Wildman–Crippen MR) is 74.5 cm³/mol. The Morgan fingerprint density at radius 1 is 1.15 bits per heavy atom. The summed E-state index contributed by atoms with van der Waals surface area (Å²) >= 11 is 5.72. The molecule has 0 aliphatic carbocycles. The topological polar surface area (TPSA) is 76.7 Å². The Morgan fingerprint density at radius 2 is 1.75 bits per heavy atom. The summed E-state index contributed by atoms with van der Waals surface area (Å²) in [7, 11) is 0. The minimum Gasteiger partial charge on any atom is -0.484 e. The van der Waals surface area contributed by atoms with E-state index in [-0.39, 0.29) is 6.61 Å². The number of hydrogen-bond acceptors (Lipinski definition) is 4. The Labute approximate surface area is 122 Å². The highest BCUT2D eigenvalue weighted by molar-refractivity contribution is 6.30. The first-order valence-electron chi connectivity index (χ1n) is 5.92. The molecule has 2 amide bonds. The van der Waals surface area contributed by atoms with Crippen LogP contribution in [-0.4, -0.2) is 24.2 Å². The van der Waals surface area contributed by atoms with E-state index in [0.29, 0.717) is 10.8 Å². The predicted octanol–water partition coefficient (Wildman–Crippen LogP) is 2.27. The van der Waals surface area contributed by atoms with E-state index < -0.39 is 17.6 Å². The van der Waals surface area contributed by atoms with Crippen LogP contribution in [0.1, 0.15) is 20.8 Å². The average Bonchev–Trinajstić information content (AvgIpc) is 2.33. The number of hydrogen-bond donors (Lipinski definition) is 2. The van der Waals surface area contributed by atoms with Crippen molar-refractivity contribution < 1.29 is 19.1 Å². The quantitative estimate of drug-likeness (QED) is 0.840. The Kier molecular flexibility index (Phi) is 5.64. The summed E-state index contributed by atoms with van der Waals surface area (Å²) < 4.78 is 10.1. The second-order valence-electron chi connectivity index (χ2n) is 4.92. The van der Waals surface area contributed by atoms with Gasteiger partial charge < -0.3 is 9.47 Å². The van der Waals surface area contributed by atoms with Crippen molar-refractivity contribution in [3.8, 4) is 5.75 Å². The summed E-state index contributed by atoms with van der Waals surface area (Å²) in [5.41, 5.74) is 3.66. The van der Waals surface area contributed by atoms with Crippen LogP contribution in [-0.2, 0) is 9.53 Å². The van der Waals surface area contributed by atoms with Gasteiger partial charge in [0, 0.05) is 5.02 Å². The van der Waals surface area contributed by atoms with Crippen LogP contribution in [0.5, 0.6) is 5.75 Å². The van der Waals surface area contributed by atoms with Gasteiger partial charge in [-0.2, -0.15) is 0 Å². The lowest BCUT2D eigenvalue weighted by atomic mass is 10.2. The van der Waals surface area contributed by atoms with Crippen LogP contribution < -0.4 is 15.6 Å². The number of ether oxygens (including phenoxy) is 2. The van der Waals surface area contributed by atoms with E-state index in [9.17, 15) is 9.59 Å². The van der Waals surface area contributed by atoms with Crippen molar-refractivity contribution in [2.45, 2.75) is 26.4 Å². The molecule has 0 spiro atoms. The van der Waals surface area contributed by atoms with Gasteiger partial charge in [-0.25, -0.2) is 10.2 Å². The fourth-order valence-electron chi connectivity index (χ4n) is 1.14. The molecule has 7 heteroatoms. The third kappa shape index (κ3) is 6.84. The number of rotatable bonds is 3. The number of nitrogens with one attached hydrogen (secondary N) is 2. The fourth-order valence-corrected chi connectivity index (χ4v) is 1.27. The van der Waals surface area contributed by atoms with E-state index in [2.05, 4.69) is 10.9 Å². The molecule has 0 unspecified atom stereocenters. The number of carbonyl (C=O) groups is 2. The van der Waals surface area contributed by atoms with Crippen molar-refractivity contribution >= 4 is 23.6 Å². The normalized spacial score (nSPS) is 10.6. The van der Waals surface area contributed by atoms with Crippen molar-refractivity contribution in [2.75, 3.05) is 6.61 Å². The second-order valence-corrected chi connectivity index (χ2v) is 5.35. The summed E-state index contributed by atoms with van der Waals surface area (Å²) in [5, 5.41) is 0.577. The first-order valence-corrected chi connectivity index (χ1v) is 6.30. The van der Waals surface area contributed by atoms with Gasteiger partial charge in [-0.05, 0) is 45.0 Å². The monoisotopic (exact) mass is 300 g/mol. The van der Waals surface area contributed by atoms with Gasteiger partial charge in [0.05, 0.1) is 0 Å². The lowest BCUT2D eigenvalue weighted by Gasteiger charge is -2.19. The van der Waals surface area contributed by atoms with Gasteiger partial charge >= 0.3 is 6.09 Å². The smallest absolute Gasteiger partial charge is 0.426 e. The van der Waals surface area contributed by atoms with Crippen LogP contribution in [0.3, 0.4) is 0 Å². The molecule has 1 aromatic carbocycles. The molecule has 2 N–H and O–H groups in total. The molecule has 6 nitrogen and oxygen atoms in total. The lowest BCUT2D eigenvalue weighted by Crippen LogP contribution is -2.45. The Hall–Kier alpha value is -1.95. The number of hydrazine groups is 1. The summed E-state index contributed by atoms with van der Waals surface area (Å²) in [6.07, 6.45) is -0.739. The average molecular weight is 301 g/mol. The van der Waals surface area contributed by atoms with Gasteiger partial charge in [0.15, 0.2) is 6.61 Å². The molecular weight excluding hydrogens is 284 g/mol. The molecular formula is C13H17ClN2O4. The number of amides is 2. The van der Waals surface area contributed by atoms with Gasteiger partial charge in [-0.15, -0.1) is 0 Å². The minimum atomic E-state index is -0.739. The first kappa shape index (κ1) is 16.1. The molecule has 0 atom stereocenters. The molecule has 0 bridgehead atoms. The van der Waals surface area contributed by atoms with Crippen molar-refractivity contribution in [3.05, 3.63) is 29.3 Å². The van der Waals surface area contributed by atoms with Crippen LogP contribution in [0.25, 0.3) is 0 Å². The number of benzene rings is 1. The molecule has 20 heavy (non-hydrogen) atoms. The molecule has 0 saturated heterocycles. The van der Waals surface area contributed by atoms with Crippen molar-refractivity contribution in [3.63, 3.8) is 0 Å². The SMILES string of the molecule is CC(C)(C)OC(=O)NNC(=O)COc1ccc(Cl)cc1. The Morgan fingerprint density at radius 3 is 2.30 bits per heavy atom. The first-order chi connectivity index (χ1) is 9.26. The molecule has 0 saturated carbocycles. The third-order valence-electron chi connectivity index (χ3n) is 1.89. The molecule has 1 aromatic rings. The van der Waals surface area contributed by atoms with Crippen LogP contribution in [0.4, 0.5) is 4.79 Å². The zero-order valence-corrected chi connectivity index (χ0v) is 12.3. The van der Waals surface area contributed by atoms with E-state index in [1.54, 1.807) is 45.0 Å². The maximum absolute atomic E-state index is 11.4. The molecule has 0 aromatic heterocycles. The summed E-state index contributed by atoms with van der Waals surface area (Å²) in [4.78, 5) is 22.7. The van der Waals surface area contributed by atoms with Crippen LogP contribution >= 0.6 is 11.6 Å². The zero-order valence-electron chi connectivity index (χ0n) is 11.5.